The van der Waals surface area contributed by atoms with Crippen molar-refractivity contribution >= 4 is 6.03 Å². The van der Waals surface area contributed by atoms with Gasteiger partial charge in [-0.1, -0.05) is 6.42 Å². The Labute approximate surface area is 110 Å². The average molecular weight is 254 g/mol. The normalized spacial score (nSPS) is 31.9. The predicted octanol–water partition coefficient (Wildman–Crippen LogP) is 2.07. The van der Waals surface area contributed by atoms with E-state index >= 15 is 0 Å². The lowest BCUT2D eigenvalue weighted by Gasteiger charge is -2.34. The number of hydrogen-bond donors (Lipinski definition) is 1. The Morgan fingerprint density at radius 2 is 1.94 bits per heavy atom. The van der Waals surface area contributed by atoms with E-state index in [1.807, 2.05) is 23.6 Å². The Hall–Kier alpha value is -0.770. The van der Waals surface area contributed by atoms with E-state index in [9.17, 15) is 9.90 Å². The van der Waals surface area contributed by atoms with Crippen molar-refractivity contribution in [1.82, 2.24) is 9.80 Å². The second-order valence-corrected chi connectivity index (χ2v) is 5.52. The number of hydrogen-bond acceptors (Lipinski definition) is 2. The van der Waals surface area contributed by atoms with Gasteiger partial charge in [-0.2, -0.15) is 0 Å². The molecule has 0 aromatic rings. The lowest BCUT2D eigenvalue weighted by atomic mass is 9.94. The monoisotopic (exact) mass is 254 g/mol. The molecule has 1 aliphatic carbocycles. The van der Waals surface area contributed by atoms with Crippen molar-refractivity contribution in [2.24, 2.45) is 5.92 Å². The molecule has 4 heteroatoms. The lowest BCUT2D eigenvalue weighted by Crippen LogP contribution is -2.48. The van der Waals surface area contributed by atoms with Crippen LogP contribution in [0.5, 0.6) is 0 Å². The Bertz CT molecular complexity index is 292. The van der Waals surface area contributed by atoms with E-state index < -0.39 is 0 Å². The number of rotatable bonds is 3. The number of aliphatic hydroxyl groups excluding tert-OH is 1. The standard InChI is InChI=1S/C14H26N2O2/c1-3-15(4-2)14(18)16-10-6-8-12(16)11-7-5-9-13(11)17/h11-13,17H,3-10H2,1-2H3. The molecule has 2 fully saturated rings. The van der Waals surface area contributed by atoms with Crippen LogP contribution in [0.2, 0.25) is 0 Å². The molecule has 4 nitrogen and oxygen atoms in total. The Morgan fingerprint density at radius 1 is 1.22 bits per heavy atom. The number of nitrogens with zero attached hydrogens (tertiary/aromatic N) is 2. The third-order valence-electron chi connectivity index (χ3n) is 4.60. The quantitative estimate of drug-likeness (QED) is 0.838. The maximum absolute atomic E-state index is 12.5. The van der Waals surface area contributed by atoms with Gasteiger partial charge in [0.1, 0.15) is 0 Å². The number of carbonyl (C=O) groups is 1. The van der Waals surface area contributed by atoms with Crippen molar-refractivity contribution in [3.8, 4) is 0 Å². The van der Waals surface area contributed by atoms with Crippen LogP contribution in [-0.4, -0.2) is 52.7 Å². The summed E-state index contributed by atoms with van der Waals surface area (Å²) < 4.78 is 0. The van der Waals surface area contributed by atoms with Gasteiger partial charge in [0.2, 0.25) is 0 Å². The van der Waals surface area contributed by atoms with Crippen molar-refractivity contribution in [2.45, 2.75) is 58.1 Å². The van der Waals surface area contributed by atoms with Gasteiger partial charge in [0.05, 0.1) is 6.10 Å². The highest BCUT2D eigenvalue weighted by Gasteiger charge is 2.40. The zero-order valence-electron chi connectivity index (χ0n) is 11.6. The molecule has 0 bridgehead atoms. The van der Waals surface area contributed by atoms with Gasteiger partial charge in [-0.05, 0) is 39.5 Å². The largest absolute Gasteiger partial charge is 0.393 e. The molecule has 3 unspecified atom stereocenters. The van der Waals surface area contributed by atoms with E-state index in [-0.39, 0.29) is 18.2 Å². The molecule has 2 amide bonds. The molecule has 1 saturated carbocycles. The molecule has 0 aromatic heterocycles. The summed E-state index contributed by atoms with van der Waals surface area (Å²) >= 11 is 0. The fraction of sp³-hybridized carbons (Fsp3) is 0.929. The van der Waals surface area contributed by atoms with Crippen LogP contribution in [0.25, 0.3) is 0 Å². The van der Waals surface area contributed by atoms with Crippen molar-refractivity contribution in [3.05, 3.63) is 0 Å². The predicted molar refractivity (Wildman–Crippen MR) is 71.4 cm³/mol. The van der Waals surface area contributed by atoms with Gasteiger partial charge in [-0.25, -0.2) is 4.79 Å². The summed E-state index contributed by atoms with van der Waals surface area (Å²) in [5, 5.41) is 10.1. The highest BCUT2D eigenvalue weighted by Crippen LogP contribution is 2.36. The molecule has 0 aromatic carbocycles. The smallest absolute Gasteiger partial charge is 0.320 e. The number of likely N-dealkylation sites (tertiary alicyclic amines) is 1. The first-order chi connectivity index (χ1) is 8.69. The molecule has 18 heavy (non-hydrogen) atoms. The third kappa shape index (κ3) is 2.48. The van der Waals surface area contributed by atoms with Crippen LogP contribution in [0.1, 0.15) is 46.0 Å². The average Bonchev–Trinajstić information content (AvgIpc) is 2.98. The molecular weight excluding hydrogens is 228 g/mol. The number of urea groups is 1. The first-order valence-corrected chi connectivity index (χ1v) is 7.42. The van der Waals surface area contributed by atoms with Gasteiger partial charge < -0.3 is 14.9 Å². The fourth-order valence-corrected chi connectivity index (χ4v) is 3.57. The number of aliphatic hydroxyl groups is 1. The highest BCUT2D eigenvalue weighted by atomic mass is 16.3. The zero-order chi connectivity index (χ0) is 13.1. The van der Waals surface area contributed by atoms with Gasteiger partial charge in [0.25, 0.3) is 0 Å². The topological polar surface area (TPSA) is 43.8 Å². The lowest BCUT2D eigenvalue weighted by molar-refractivity contribution is 0.0757. The number of carbonyl (C=O) groups excluding carboxylic acids is 1. The van der Waals surface area contributed by atoms with Crippen LogP contribution >= 0.6 is 0 Å². The Morgan fingerprint density at radius 3 is 2.50 bits per heavy atom. The second kappa shape index (κ2) is 5.91. The van der Waals surface area contributed by atoms with Crippen LogP contribution in [0.15, 0.2) is 0 Å². The minimum atomic E-state index is -0.194. The molecule has 1 saturated heterocycles. The SMILES string of the molecule is CCN(CC)C(=O)N1CCCC1C1CCCC1O. The first kappa shape index (κ1) is 13.7. The van der Waals surface area contributed by atoms with Crippen molar-refractivity contribution in [3.63, 3.8) is 0 Å². The molecule has 0 spiro atoms. The summed E-state index contributed by atoms with van der Waals surface area (Å²) in [5.41, 5.74) is 0. The zero-order valence-corrected chi connectivity index (χ0v) is 11.6. The van der Waals surface area contributed by atoms with Crippen molar-refractivity contribution in [1.29, 1.82) is 0 Å². The molecule has 0 radical (unpaired) electrons. The van der Waals surface area contributed by atoms with E-state index in [1.165, 1.54) is 0 Å². The fourth-order valence-electron chi connectivity index (χ4n) is 3.57. The molecule has 3 atom stereocenters. The molecular formula is C14H26N2O2. The summed E-state index contributed by atoms with van der Waals surface area (Å²) in [6, 6.07) is 0.442. The minimum Gasteiger partial charge on any atom is -0.393 e. The first-order valence-electron chi connectivity index (χ1n) is 7.42. The van der Waals surface area contributed by atoms with E-state index in [0.29, 0.717) is 5.92 Å². The van der Waals surface area contributed by atoms with Crippen LogP contribution in [0.4, 0.5) is 4.79 Å². The minimum absolute atomic E-state index is 0.168. The van der Waals surface area contributed by atoms with Gasteiger partial charge in [-0.15, -0.1) is 0 Å². The van der Waals surface area contributed by atoms with Crippen LogP contribution in [0, 0.1) is 5.92 Å². The maximum Gasteiger partial charge on any atom is 0.320 e. The van der Waals surface area contributed by atoms with E-state index in [1.54, 1.807) is 0 Å². The Kier molecular flexibility index (Phi) is 4.49. The molecule has 104 valence electrons. The third-order valence-corrected chi connectivity index (χ3v) is 4.60. The van der Waals surface area contributed by atoms with Crippen molar-refractivity contribution in [2.75, 3.05) is 19.6 Å². The summed E-state index contributed by atoms with van der Waals surface area (Å²) in [5.74, 6) is 0.312. The summed E-state index contributed by atoms with van der Waals surface area (Å²) in [7, 11) is 0. The van der Waals surface area contributed by atoms with Gasteiger partial charge in [0, 0.05) is 31.6 Å². The van der Waals surface area contributed by atoms with Gasteiger partial charge in [0.15, 0.2) is 0 Å². The summed E-state index contributed by atoms with van der Waals surface area (Å²) in [6.07, 6.45) is 5.05. The molecule has 1 N–H and O–H groups in total. The van der Waals surface area contributed by atoms with Crippen LogP contribution in [-0.2, 0) is 0 Å². The van der Waals surface area contributed by atoms with Crippen LogP contribution < -0.4 is 0 Å². The van der Waals surface area contributed by atoms with E-state index in [2.05, 4.69) is 0 Å². The molecule has 2 aliphatic rings. The second-order valence-electron chi connectivity index (χ2n) is 5.52. The number of amides is 2. The Balaban J connectivity index is 2.05. The van der Waals surface area contributed by atoms with E-state index in [4.69, 9.17) is 0 Å². The summed E-state index contributed by atoms with van der Waals surface area (Å²) in [4.78, 5) is 16.4. The maximum atomic E-state index is 12.5. The van der Waals surface area contributed by atoms with Gasteiger partial charge in [-0.3, -0.25) is 0 Å². The molecule has 1 aliphatic heterocycles. The summed E-state index contributed by atoms with van der Waals surface area (Å²) in [6.45, 7) is 6.45. The highest BCUT2D eigenvalue weighted by molar-refractivity contribution is 5.75. The molecule has 1 heterocycles. The van der Waals surface area contributed by atoms with Gasteiger partial charge >= 0.3 is 6.03 Å². The van der Waals surface area contributed by atoms with Crippen LogP contribution in [0.3, 0.4) is 0 Å². The van der Waals surface area contributed by atoms with E-state index in [0.717, 1.165) is 51.7 Å². The van der Waals surface area contributed by atoms with Crippen molar-refractivity contribution < 1.29 is 9.90 Å². The molecule has 2 rings (SSSR count).